The molecule has 0 aliphatic heterocycles. The third kappa shape index (κ3) is 2.94. The van der Waals surface area contributed by atoms with Gasteiger partial charge in [0.25, 0.3) is 0 Å². The van der Waals surface area contributed by atoms with Crippen LogP contribution in [0.4, 0.5) is 13.2 Å². The molecule has 0 aromatic carbocycles. The molecular formula is C9H14F3N3. The second kappa shape index (κ2) is 3.50. The van der Waals surface area contributed by atoms with E-state index in [-0.39, 0.29) is 17.5 Å². The number of aromatic nitrogens is 3. The first-order valence-electron chi connectivity index (χ1n) is 4.57. The topological polar surface area (TPSA) is 30.7 Å². The Hall–Kier alpha value is -1.07. The standard InChI is InChI=1S/C9H14F3N3/c1-8(2,3)5-6-7(9(10,11)12)15(4)14-13-6/h5H2,1-4H3. The van der Waals surface area contributed by atoms with E-state index in [2.05, 4.69) is 10.3 Å². The molecule has 1 heterocycles. The van der Waals surface area contributed by atoms with Crippen LogP contribution in [0.3, 0.4) is 0 Å². The second-order valence-electron chi connectivity index (χ2n) is 4.74. The molecule has 0 saturated heterocycles. The van der Waals surface area contributed by atoms with Crippen molar-refractivity contribution >= 4 is 0 Å². The number of rotatable bonds is 1. The molecular weight excluding hydrogens is 207 g/mol. The second-order valence-corrected chi connectivity index (χ2v) is 4.74. The minimum absolute atomic E-state index is 0.0116. The van der Waals surface area contributed by atoms with Crippen molar-refractivity contribution in [3.63, 3.8) is 0 Å². The van der Waals surface area contributed by atoms with E-state index in [1.807, 2.05) is 20.8 Å². The maximum atomic E-state index is 12.6. The van der Waals surface area contributed by atoms with E-state index in [0.29, 0.717) is 0 Å². The molecule has 0 aliphatic carbocycles. The molecule has 86 valence electrons. The van der Waals surface area contributed by atoms with Crippen molar-refractivity contribution in [3.8, 4) is 0 Å². The quantitative estimate of drug-likeness (QED) is 0.729. The van der Waals surface area contributed by atoms with Crippen LogP contribution in [0, 0.1) is 5.41 Å². The molecule has 1 aromatic heterocycles. The monoisotopic (exact) mass is 221 g/mol. The number of halogens is 3. The van der Waals surface area contributed by atoms with Crippen LogP contribution in [0.2, 0.25) is 0 Å². The number of nitrogens with zero attached hydrogens (tertiary/aromatic N) is 3. The Morgan fingerprint density at radius 2 is 1.73 bits per heavy atom. The van der Waals surface area contributed by atoms with Crippen LogP contribution in [0.5, 0.6) is 0 Å². The summed E-state index contributed by atoms with van der Waals surface area (Å²) >= 11 is 0. The molecule has 0 saturated carbocycles. The van der Waals surface area contributed by atoms with Crippen LogP contribution >= 0.6 is 0 Å². The molecule has 1 rings (SSSR count). The van der Waals surface area contributed by atoms with Crippen molar-refractivity contribution in [3.05, 3.63) is 11.4 Å². The molecule has 0 amide bonds. The van der Waals surface area contributed by atoms with Gasteiger partial charge in [0.15, 0.2) is 5.69 Å². The normalized spacial score (nSPS) is 13.3. The molecule has 0 atom stereocenters. The van der Waals surface area contributed by atoms with Gasteiger partial charge in [0, 0.05) is 7.05 Å². The molecule has 0 N–H and O–H groups in total. The summed E-state index contributed by atoms with van der Waals surface area (Å²) in [7, 11) is 1.25. The smallest absolute Gasteiger partial charge is 0.243 e. The van der Waals surface area contributed by atoms with E-state index in [9.17, 15) is 13.2 Å². The summed E-state index contributed by atoms with van der Waals surface area (Å²) in [4.78, 5) is 0. The van der Waals surface area contributed by atoms with Gasteiger partial charge < -0.3 is 0 Å². The maximum Gasteiger partial charge on any atom is 0.434 e. The highest BCUT2D eigenvalue weighted by Gasteiger charge is 2.39. The molecule has 0 spiro atoms. The summed E-state index contributed by atoms with van der Waals surface area (Å²) in [5.41, 5.74) is -0.981. The Balaban J connectivity index is 3.10. The molecule has 0 fully saturated rings. The van der Waals surface area contributed by atoms with Crippen molar-refractivity contribution in [2.24, 2.45) is 12.5 Å². The number of hydrogen-bond acceptors (Lipinski definition) is 2. The molecule has 3 nitrogen and oxygen atoms in total. The fourth-order valence-electron chi connectivity index (χ4n) is 1.37. The van der Waals surface area contributed by atoms with E-state index < -0.39 is 11.9 Å². The molecule has 0 radical (unpaired) electrons. The Morgan fingerprint density at radius 1 is 1.20 bits per heavy atom. The fourth-order valence-corrected chi connectivity index (χ4v) is 1.37. The van der Waals surface area contributed by atoms with Gasteiger partial charge >= 0.3 is 6.18 Å². The maximum absolute atomic E-state index is 12.6. The minimum Gasteiger partial charge on any atom is -0.243 e. The number of aryl methyl sites for hydroxylation is 1. The van der Waals surface area contributed by atoms with Gasteiger partial charge in [-0.15, -0.1) is 5.10 Å². The van der Waals surface area contributed by atoms with Crippen LogP contribution in [0.15, 0.2) is 0 Å². The molecule has 1 aromatic rings. The largest absolute Gasteiger partial charge is 0.434 e. The van der Waals surface area contributed by atoms with Crippen LogP contribution in [0.25, 0.3) is 0 Å². The Labute approximate surface area is 86.3 Å². The molecule has 6 heteroatoms. The van der Waals surface area contributed by atoms with Crippen molar-refractivity contribution in [1.29, 1.82) is 0 Å². The third-order valence-corrected chi connectivity index (χ3v) is 1.86. The number of hydrogen-bond donors (Lipinski definition) is 0. The first kappa shape index (κ1) is 12.0. The molecule has 0 unspecified atom stereocenters. The Bertz CT molecular complexity index is 346. The molecule has 0 bridgehead atoms. The van der Waals surface area contributed by atoms with Crippen LogP contribution in [-0.4, -0.2) is 15.0 Å². The van der Waals surface area contributed by atoms with Crippen molar-refractivity contribution in [2.75, 3.05) is 0 Å². The van der Waals surface area contributed by atoms with Crippen molar-refractivity contribution in [2.45, 2.75) is 33.4 Å². The first-order chi connectivity index (χ1) is 6.61. The lowest BCUT2D eigenvalue weighted by Gasteiger charge is -2.17. The summed E-state index contributed by atoms with van der Waals surface area (Å²) in [6.45, 7) is 5.59. The van der Waals surface area contributed by atoms with E-state index in [1.54, 1.807) is 0 Å². The van der Waals surface area contributed by atoms with Gasteiger partial charge in [-0.2, -0.15) is 13.2 Å². The molecule has 15 heavy (non-hydrogen) atoms. The Kier molecular flexibility index (Phi) is 2.80. The SMILES string of the molecule is Cn1nnc(CC(C)(C)C)c1C(F)(F)F. The predicted molar refractivity (Wildman–Crippen MR) is 49.2 cm³/mol. The highest BCUT2D eigenvalue weighted by atomic mass is 19.4. The van der Waals surface area contributed by atoms with Gasteiger partial charge in [-0.3, -0.25) is 0 Å². The highest BCUT2D eigenvalue weighted by molar-refractivity contribution is 5.15. The zero-order valence-corrected chi connectivity index (χ0v) is 9.18. The van der Waals surface area contributed by atoms with Crippen LogP contribution in [-0.2, 0) is 19.6 Å². The van der Waals surface area contributed by atoms with E-state index in [0.717, 1.165) is 4.68 Å². The van der Waals surface area contributed by atoms with Crippen LogP contribution < -0.4 is 0 Å². The average molecular weight is 221 g/mol. The summed E-state index contributed by atoms with van der Waals surface area (Å²) in [6, 6.07) is 0. The summed E-state index contributed by atoms with van der Waals surface area (Å²) in [5.74, 6) is 0. The average Bonchev–Trinajstić information content (AvgIpc) is 2.25. The lowest BCUT2D eigenvalue weighted by atomic mass is 9.90. The Morgan fingerprint density at radius 3 is 2.13 bits per heavy atom. The number of alkyl halides is 3. The van der Waals surface area contributed by atoms with Crippen LogP contribution in [0.1, 0.15) is 32.2 Å². The molecule has 0 aliphatic rings. The van der Waals surface area contributed by atoms with Crippen molar-refractivity contribution in [1.82, 2.24) is 15.0 Å². The van der Waals surface area contributed by atoms with Gasteiger partial charge in [0.05, 0.1) is 5.69 Å². The summed E-state index contributed by atoms with van der Waals surface area (Å²) in [5, 5.41) is 6.97. The van der Waals surface area contributed by atoms with E-state index in [4.69, 9.17) is 0 Å². The highest BCUT2D eigenvalue weighted by Crippen LogP contribution is 2.33. The first-order valence-corrected chi connectivity index (χ1v) is 4.57. The fraction of sp³-hybridized carbons (Fsp3) is 0.778. The summed E-state index contributed by atoms with van der Waals surface area (Å²) in [6.07, 6.45) is -4.13. The van der Waals surface area contributed by atoms with E-state index in [1.165, 1.54) is 7.05 Å². The van der Waals surface area contributed by atoms with Gasteiger partial charge in [0.2, 0.25) is 0 Å². The van der Waals surface area contributed by atoms with Gasteiger partial charge in [0.1, 0.15) is 0 Å². The van der Waals surface area contributed by atoms with Gasteiger partial charge in [-0.25, -0.2) is 4.68 Å². The van der Waals surface area contributed by atoms with E-state index >= 15 is 0 Å². The predicted octanol–water partition coefficient (Wildman–Crippen LogP) is 2.42. The lowest BCUT2D eigenvalue weighted by molar-refractivity contribution is -0.144. The third-order valence-electron chi connectivity index (χ3n) is 1.86. The van der Waals surface area contributed by atoms with Crippen molar-refractivity contribution < 1.29 is 13.2 Å². The summed E-state index contributed by atoms with van der Waals surface area (Å²) < 4.78 is 38.6. The minimum atomic E-state index is -4.39. The lowest BCUT2D eigenvalue weighted by Crippen LogP contribution is -2.17. The van der Waals surface area contributed by atoms with Gasteiger partial charge in [-0.05, 0) is 11.8 Å². The van der Waals surface area contributed by atoms with Gasteiger partial charge in [-0.1, -0.05) is 26.0 Å². The zero-order valence-electron chi connectivity index (χ0n) is 9.18. The zero-order chi connectivity index (χ0) is 11.9.